The van der Waals surface area contributed by atoms with Crippen LogP contribution >= 0.6 is 0 Å². The van der Waals surface area contributed by atoms with Crippen LogP contribution in [0.4, 0.5) is 0 Å². The van der Waals surface area contributed by atoms with Gasteiger partial charge in [0.05, 0.1) is 13.5 Å². The first-order valence-corrected chi connectivity index (χ1v) is 6.31. The standard InChI is InChI=1S/C15H19NO2/c1-3-13-7-6-12(10-14(13)18-2)11-15(17)16-8-4-5-9-16/h3,6-7,10H,1,4-5,8-9,11H2,2H3. The van der Waals surface area contributed by atoms with Gasteiger partial charge in [-0.15, -0.1) is 0 Å². The molecular formula is C15H19NO2. The van der Waals surface area contributed by atoms with Crippen molar-refractivity contribution in [2.75, 3.05) is 20.2 Å². The van der Waals surface area contributed by atoms with E-state index < -0.39 is 0 Å². The van der Waals surface area contributed by atoms with E-state index in [1.165, 1.54) is 0 Å². The lowest BCUT2D eigenvalue weighted by molar-refractivity contribution is -0.129. The number of hydrogen-bond donors (Lipinski definition) is 0. The number of hydrogen-bond acceptors (Lipinski definition) is 2. The largest absolute Gasteiger partial charge is 0.496 e. The van der Waals surface area contributed by atoms with Gasteiger partial charge in [0.15, 0.2) is 0 Å². The topological polar surface area (TPSA) is 29.5 Å². The number of benzene rings is 1. The van der Waals surface area contributed by atoms with Crippen LogP contribution in [0.3, 0.4) is 0 Å². The molecule has 0 radical (unpaired) electrons. The third-order valence-corrected chi connectivity index (χ3v) is 3.33. The number of amides is 1. The van der Waals surface area contributed by atoms with Crippen LogP contribution in [0.5, 0.6) is 5.75 Å². The number of likely N-dealkylation sites (tertiary alicyclic amines) is 1. The Morgan fingerprint density at radius 3 is 2.78 bits per heavy atom. The number of carbonyl (C=O) groups is 1. The SMILES string of the molecule is C=Cc1ccc(CC(=O)N2CCCC2)cc1OC. The van der Waals surface area contributed by atoms with Crippen molar-refractivity contribution in [1.29, 1.82) is 0 Å². The molecule has 3 nitrogen and oxygen atoms in total. The van der Waals surface area contributed by atoms with Crippen molar-refractivity contribution in [2.45, 2.75) is 19.3 Å². The van der Waals surface area contributed by atoms with E-state index in [9.17, 15) is 4.79 Å². The third-order valence-electron chi connectivity index (χ3n) is 3.33. The molecule has 1 fully saturated rings. The fourth-order valence-electron chi connectivity index (χ4n) is 2.29. The van der Waals surface area contributed by atoms with Crippen molar-refractivity contribution >= 4 is 12.0 Å². The lowest BCUT2D eigenvalue weighted by atomic mass is 10.1. The zero-order valence-electron chi connectivity index (χ0n) is 10.8. The van der Waals surface area contributed by atoms with Gasteiger partial charge in [0.2, 0.25) is 5.91 Å². The second-order valence-electron chi connectivity index (χ2n) is 4.55. The van der Waals surface area contributed by atoms with Gasteiger partial charge in [-0.3, -0.25) is 4.79 Å². The molecule has 0 atom stereocenters. The van der Waals surface area contributed by atoms with E-state index >= 15 is 0 Å². The fraction of sp³-hybridized carbons (Fsp3) is 0.400. The summed E-state index contributed by atoms with van der Waals surface area (Å²) in [4.78, 5) is 14.0. The molecule has 0 aliphatic carbocycles. The first-order valence-electron chi connectivity index (χ1n) is 6.31. The second-order valence-corrected chi connectivity index (χ2v) is 4.55. The summed E-state index contributed by atoms with van der Waals surface area (Å²) in [7, 11) is 1.63. The maximum absolute atomic E-state index is 12.0. The Kier molecular flexibility index (Phi) is 4.03. The predicted molar refractivity (Wildman–Crippen MR) is 72.6 cm³/mol. The van der Waals surface area contributed by atoms with Crippen molar-refractivity contribution < 1.29 is 9.53 Å². The average Bonchev–Trinajstić information content (AvgIpc) is 2.92. The molecule has 1 aromatic carbocycles. The Hall–Kier alpha value is -1.77. The molecule has 0 bridgehead atoms. The predicted octanol–water partition coefficient (Wildman–Crippen LogP) is 2.50. The molecule has 0 aromatic heterocycles. The minimum Gasteiger partial charge on any atom is -0.496 e. The Labute approximate surface area is 108 Å². The normalized spacial score (nSPS) is 14.6. The minimum atomic E-state index is 0.209. The Balaban J connectivity index is 2.09. The lowest BCUT2D eigenvalue weighted by Gasteiger charge is -2.15. The highest BCUT2D eigenvalue weighted by atomic mass is 16.5. The van der Waals surface area contributed by atoms with Crippen LogP contribution in [0.1, 0.15) is 24.0 Å². The molecule has 2 rings (SSSR count). The highest BCUT2D eigenvalue weighted by Gasteiger charge is 2.18. The van der Waals surface area contributed by atoms with Gasteiger partial charge >= 0.3 is 0 Å². The van der Waals surface area contributed by atoms with Gasteiger partial charge in [0.25, 0.3) is 0 Å². The molecule has 0 saturated carbocycles. The molecule has 1 saturated heterocycles. The van der Waals surface area contributed by atoms with E-state index in [1.807, 2.05) is 23.1 Å². The summed E-state index contributed by atoms with van der Waals surface area (Å²) in [5.74, 6) is 0.984. The first kappa shape index (κ1) is 12.7. The van der Waals surface area contributed by atoms with Gasteiger partial charge < -0.3 is 9.64 Å². The smallest absolute Gasteiger partial charge is 0.226 e. The molecule has 0 N–H and O–H groups in total. The lowest BCUT2D eigenvalue weighted by Crippen LogP contribution is -2.29. The van der Waals surface area contributed by atoms with Crippen molar-refractivity contribution in [2.24, 2.45) is 0 Å². The van der Waals surface area contributed by atoms with Gasteiger partial charge in [-0.05, 0) is 24.5 Å². The highest BCUT2D eigenvalue weighted by Crippen LogP contribution is 2.22. The summed E-state index contributed by atoms with van der Waals surface area (Å²) in [6, 6.07) is 5.83. The first-order chi connectivity index (χ1) is 8.74. The summed E-state index contributed by atoms with van der Waals surface area (Å²) < 4.78 is 5.29. The number of rotatable bonds is 4. The highest BCUT2D eigenvalue weighted by molar-refractivity contribution is 5.79. The van der Waals surface area contributed by atoms with Gasteiger partial charge in [0, 0.05) is 18.7 Å². The molecule has 1 aliphatic heterocycles. The molecule has 18 heavy (non-hydrogen) atoms. The number of carbonyl (C=O) groups excluding carboxylic acids is 1. The Morgan fingerprint density at radius 1 is 1.44 bits per heavy atom. The summed E-state index contributed by atoms with van der Waals surface area (Å²) in [6.07, 6.45) is 4.47. The maximum atomic E-state index is 12.0. The zero-order chi connectivity index (χ0) is 13.0. The van der Waals surface area contributed by atoms with Crippen molar-refractivity contribution in [3.05, 3.63) is 35.9 Å². The number of ether oxygens (including phenoxy) is 1. The maximum Gasteiger partial charge on any atom is 0.226 e. The quantitative estimate of drug-likeness (QED) is 0.815. The number of methoxy groups -OCH3 is 1. The minimum absolute atomic E-state index is 0.209. The van der Waals surface area contributed by atoms with Gasteiger partial charge in [0.1, 0.15) is 5.75 Å². The molecule has 0 spiro atoms. The molecule has 3 heteroatoms. The molecule has 96 valence electrons. The van der Waals surface area contributed by atoms with Crippen LogP contribution < -0.4 is 4.74 Å². The van der Waals surface area contributed by atoms with E-state index in [0.717, 1.165) is 42.8 Å². The van der Waals surface area contributed by atoms with Crippen molar-refractivity contribution in [3.63, 3.8) is 0 Å². The third kappa shape index (κ3) is 2.73. The Morgan fingerprint density at radius 2 is 2.17 bits per heavy atom. The van der Waals surface area contributed by atoms with Crippen LogP contribution in [0.25, 0.3) is 6.08 Å². The van der Waals surface area contributed by atoms with Crippen LogP contribution in [-0.4, -0.2) is 31.0 Å². The number of nitrogens with zero attached hydrogens (tertiary/aromatic N) is 1. The van der Waals surface area contributed by atoms with E-state index in [4.69, 9.17) is 4.74 Å². The van der Waals surface area contributed by atoms with Crippen LogP contribution in [-0.2, 0) is 11.2 Å². The summed E-state index contributed by atoms with van der Waals surface area (Å²) >= 11 is 0. The van der Waals surface area contributed by atoms with Crippen molar-refractivity contribution in [1.82, 2.24) is 4.90 Å². The molecule has 1 heterocycles. The van der Waals surface area contributed by atoms with Gasteiger partial charge in [-0.1, -0.05) is 24.8 Å². The molecular weight excluding hydrogens is 226 g/mol. The van der Waals surface area contributed by atoms with Gasteiger partial charge in [-0.25, -0.2) is 0 Å². The summed E-state index contributed by atoms with van der Waals surface area (Å²) in [5, 5.41) is 0. The average molecular weight is 245 g/mol. The fourth-order valence-corrected chi connectivity index (χ4v) is 2.29. The molecule has 0 unspecified atom stereocenters. The summed E-state index contributed by atoms with van der Waals surface area (Å²) in [6.45, 7) is 5.54. The monoisotopic (exact) mass is 245 g/mol. The van der Waals surface area contributed by atoms with E-state index in [1.54, 1.807) is 13.2 Å². The Bertz CT molecular complexity index is 448. The molecule has 1 amide bonds. The zero-order valence-corrected chi connectivity index (χ0v) is 10.8. The van der Waals surface area contributed by atoms with Crippen molar-refractivity contribution in [3.8, 4) is 5.75 Å². The van der Waals surface area contributed by atoms with Crippen LogP contribution in [0, 0.1) is 0 Å². The van der Waals surface area contributed by atoms with E-state index in [2.05, 4.69) is 6.58 Å². The van der Waals surface area contributed by atoms with Crippen LogP contribution in [0.15, 0.2) is 24.8 Å². The second kappa shape index (κ2) is 5.71. The summed E-state index contributed by atoms with van der Waals surface area (Å²) in [5.41, 5.74) is 1.95. The van der Waals surface area contributed by atoms with E-state index in [0.29, 0.717) is 6.42 Å². The van der Waals surface area contributed by atoms with E-state index in [-0.39, 0.29) is 5.91 Å². The van der Waals surface area contributed by atoms with Gasteiger partial charge in [-0.2, -0.15) is 0 Å². The van der Waals surface area contributed by atoms with Crippen LogP contribution in [0.2, 0.25) is 0 Å². The molecule has 1 aromatic rings. The molecule has 1 aliphatic rings.